The lowest BCUT2D eigenvalue weighted by molar-refractivity contribution is 0.515. The minimum absolute atomic E-state index is 0.292. The Hall–Kier alpha value is -1.46. The Morgan fingerprint density at radius 1 is 1.47 bits per heavy atom. The number of aromatic nitrogens is 2. The highest BCUT2D eigenvalue weighted by Crippen LogP contribution is 2.32. The van der Waals surface area contributed by atoms with Crippen LogP contribution in [0.5, 0.6) is 0 Å². The van der Waals surface area contributed by atoms with Crippen molar-refractivity contribution in [3.63, 3.8) is 0 Å². The standard InChI is InChI=1S/C12H11Cl2N3O2/c13-9-3-7(4-15-11(9)14)5-17(8-1-2-8)10-6-19-12(18)16-10/h3-4,6,8H,1-2,5H2,(H,16,18). The highest BCUT2D eigenvalue weighted by Gasteiger charge is 2.30. The van der Waals surface area contributed by atoms with E-state index in [2.05, 4.69) is 14.9 Å². The van der Waals surface area contributed by atoms with Crippen LogP contribution in [-0.4, -0.2) is 16.0 Å². The normalized spacial score (nSPS) is 14.6. The second-order valence-corrected chi connectivity index (χ2v) is 5.27. The lowest BCUT2D eigenvalue weighted by atomic mass is 10.2. The van der Waals surface area contributed by atoms with Crippen molar-refractivity contribution in [2.24, 2.45) is 0 Å². The summed E-state index contributed by atoms with van der Waals surface area (Å²) in [6.07, 6.45) is 5.32. The van der Waals surface area contributed by atoms with E-state index in [-0.39, 0.29) is 0 Å². The Kier molecular flexibility index (Phi) is 3.24. The fourth-order valence-electron chi connectivity index (χ4n) is 1.95. The van der Waals surface area contributed by atoms with Gasteiger partial charge in [-0.05, 0) is 24.5 Å². The van der Waals surface area contributed by atoms with Gasteiger partial charge in [-0.25, -0.2) is 9.78 Å². The van der Waals surface area contributed by atoms with Crippen LogP contribution in [0.4, 0.5) is 5.82 Å². The number of hydrogen-bond donors (Lipinski definition) is 1. The third kappa shape index (κ3) is 2.77. The average molecular weight is 300 g/mol. The summed E-state index contributed by atoms with van der Waals surface area (Å²) in [5.41, 5.74) is 0.934. The van der Waals surface area contributed by atoms with Crippen molar-refractivity contribution in [2.75, 3.05) is 4.90 Å². The van der Waals surface area contributed by atoms with Crippen molar-refractivity contribution in [1.29, 1.82) is 0 Å². The summed E-state index contributed by atoms with van der Waals surface area (Å²) >= 11 is 11.7. The highest BCUT2D eigenvalue weighted by atomic mass is 35.5. The molecule has 7 heteroatoms. The molecule has 0 unspecified atom stereocenters. The van der Waals surface area contributed by atoms with E-state index in [4.69, 9.17) is 27.6 Å². The zero-order valence-electron chi connectivity index (χ0n) is 9.90. The summed E-state index contributed by atoms with van der Waals surface area (Å²) in [5.74, 6) is 0.228. The van der Waals surface area contributed by atoms with E-state index < -0.39 is 5.76 Å². The number of pyridine rings is 1. The molecule has 2 aromatic heterocycles. The quantitative estimate of drug-likeness (QED) is 0.882. The molecule has 0 aliphatic heterocycles. The molecule has 0 saturated heterocycles. The fraction of sp³-hybridized carbons (Fsp3) is 0.333. The predicted octanol–water partition coefficient (Wildman–Crippen LogP) is 2.84. The van der Waals surface area contributed by atoms with Gasteiger partial charge in [-0.3, -0.25) is 4.98 Å². The van der Waals surface area contributed by atoms with Crippen LogP contribution in [0.1, 0.15) is 18.4 Å². The summed E-state index contributed by atoms with van der Waals surface area (Å²) < 4.78 is 4.79. The second-order valence-electron chi connectivity index (χ2n) is 4.51. The Balaban J connectivity index is 1.85. The molecule has 1 aliphatic carbocycles. The molecular formula is C12H11Cl2N3O2. The molecule has 1 fully saturated rings. The van der Waals surface area contributed by atoms with Gasteiger partial charge >= 0.3 is 5.76 Å². The first-order valence-electron chi connectivity index (χ1n) is 5.88. The van der Waals surface area contributed by atoms with Crippen LogP contribution >= 0.6 is 23.2 Å². The number of nitrogens with one attached hydrogen (secondary N) is 1. The first-order valence-corrected chi connectivity index (χ1v) is 6.63. The van der Waals surface area contributed by atoms with Crippen LogP contribution in [0.2, 0.25) is 10.2 Å². The third-order valence-corrected chi connectivity index (χ3v) is 3.70. The minimum atomic E-state index is -0.451. The van der Waals surface area contributed by atoms with Gasteiger partial charge in [-0.1, -0.05) is 23.2 Å². The molecule has 1 saturated carbocycles. The Morgan fingerprint density at radius 3 is 2.84 bits per heavy atom. The van der Waals surface area contributed by atoms with E-state index >= 15 is 0 Å². The maximum absolute atomic E-state index is 11.1. The van der Waals surface area contributed by atoms with Crippen molar-refractivity contribution in [3.05, 3.63) is 44.8 Å². The summed E-state index contributed by atoms with van der Waals surface area (Å²) in [6, 6.07) is 2.20. The van der Waals surface area contributed by atoms with E-state index in [1.54, 1.807) is 12.3 Å². The molecule has 19 heavy (non-hydrogen) atoms. The predicted molar refractivity (Wildman–Crippen MR) is 72.8 cm³/mol. The Labute approximate surface area is 119 Å². The van der Waals surface area contributed by atoms with E-state index in [9.17, 15) is 4.79 Å². The number of hydrogen-bond acceptors (Lipinski definition) is 4. The molecule has 100 valence electrons. The maximum Gasteiger partial charge on any atom is 0.417 e. The molecular weight excluding hydrogens is 289 g/mol. The number of aromatic amines is 1. The third-order valence-electron chi connectivity index (χ3n) is 3.01. The van der Waals surface area contributed by atoms with Gasteiger partial charge in [0.15, 0.2) is 0 Å². The number of H-pyrrole nitrogens is 1. The van der Waals surface area contributed by atoms with Crippen LogP contribution in [-0.2, 0) is 6.54 Å². The average Bonchev–Trinajstić information content (AvgIpc) is 3.13. The summed E-state index contributed by atoms with van der Waals surface area (Å²) in [6.45, 7) is 0.601. The first kappa shape index (κ1) is 12.6. The molecule has 2 heterocycles. The first-order chi connectivity index (χ1) is 9.13. The molecule has 0 atom stereocenters. The second kappa shape index (κ2) is 4.90. The van der Waals surface area contributed by atoms with Gasteiger partial charge in [0, 0.05) is 18.8 Å². The van der Waals surface area contributed by atoms with Crippen molar-refractivity contribution >= 4 is 29.0 Å². The topological polar surface area (TPSA) is 62.1 Å². The van der Waals surface area contributed by atoms with Crippen LogP contribution in [0.25, 0.3) is 0 Å². The molecule has 5 nitrogen and oxygen atoms in total. The lowest BCUT2D eigenvalue weighted by Crippen LogP contribution is -2.26. The fourth-order valence-corrected chi connectivity index (χ4v) is 2.25. The summed E-state index contributed by atoms with van der Waals surface area (Å²) in [7, 11) is 0. The number of nitrogens with zero attached hydrogens (tertiary/aromatic N) is 2. The van der Waals surface area contributed by atoms with Gasteiger partial charge < -0.3 is 9.32 Å². The largest absolute Gasteiger partial charge is 0.417 e. The summed E-state index contributed by atoms with van der Waals surface area (Å²) in [5, 5.41) is 0.718. The number of anilines is 1. The van der Waals surface area contributed by atoms with Crippen molar-refractivity contribution in [3.8, 4) is 0 Å². The van der Waals surface area contributed by atoms with Crippen molar-refractivity contribution in [2.45, 2.75) is 25.4 Å². The van der Waals surface area contributed by atoms with Gasteiger partial charge in [-0.15, -0.1) is 0 Å². The van der Waals surface area contributed by atoms with Crippen LogP contribution in [0.3, 0.4) is 0 Å². The molecule has 0 aromatic carbocycles. The Morgan fingerprint density at radius 2 is 2.26 bits per heavy atom. The van der Waals surface area contributed by atoms with Crippen LogP contribution < -0.4 is 10.7 Å². The van der Waals surface area contributed by atoms with Gasteiger partial charge in [0.1, 0.15) is 17.2 Å². The zero-order chi connectivity index (χ0) is 13.4. The van der Waals surface area contributed by atoms with Crippen molar-refractivity contribution in [1.82, 2.24) is 9.97 Å². The number of halogens is 2. The van der Waals surface area contributed by atoms with Gasteiger partial charge in [-0.2, -0.15) is 0 Å². The van der Waals surface area contributed by atoms with Gasteiger partial charge in [0.2, 0.25) is 0 Å². The lowest BCUT2D eigenvalue weighted by Gasteiger charge is -2.21. The van der Waals surface area contributed by atoms with Gasteiger partial charge in [0.25, 0.3) is 0 Å². The van der Waals surface area contributed by atoms with Crippen molar-refractivity contribution < 1.29 is 4.42 Å². The molecule has 1 aliphatic rings. The maximum atomic E-state index is 11.1. The minimum Gasteiger partial charge on any atom is -0.414 e. The molecule has 2 aromatic rings. The Bertz CT molecular complexity index is 648. The summed E-state index contributed by atoms with van der Waals surface area (Å²) in [4.78, 5) is 19.9. The molecule has 0 spiro atoms. The van der Waals surface area contributed by atoms with Gasteiger partial charge in [0.05, 0.1) is 5.02 Å². The molecule has 3 rings (SSSR count). The SMILES string of the molecule is O=c1[nH]c(N(Cc2cnc(Cl)c(Cl)c2)C2CC2)co1. The number of oxazole rings is 1. The molecule has 0 amide bonds. The molecule has 0 radical (unpaired) electrons. The van der Waals surface area contributed by atoms with Crippen LogP contribution in [0.15, 0.2) is 27.7 Å². The number of rotatable bonds is 4. The molecule has 0 bridgehead atoms. The zero-order valence-corrected chi connectivity index (χ0v) is 11.4. The van der Waals surface area contributed by atoms with E-state index in [0.717, 1.165) is 18.4 Å². The van der Waals surface area contributed by atoms with Crippen LogP contribution in [0, 0.1) is 0 Å². The highest BCUT2D eigenvalue weighted by molar-refractivity contribution is 6.41. The van der Waals surface area contributed by atoms with E-state index in [1.165, 1.54) is 6.26 Å². The van der Waals surface area contributed by atoms with E-state index in [1.807, 2.05) is 0 Å². The monoisotopic (exact) mass is 299 g/mol. The smallest absolute Gasteiger partial charge is 0.414 e. The molecule has 1 N–H and O–H groups in total. The van der Waals surface area contributed by atoms with E-state index in [0.29, 0.717) is 28.6 Å².